The molecule has 2 N–H and O–H groups in total. The molecule has 3 heterocycles. The van der Waals surface area contributed by atoms with E-state index in [1.54, 1.807) is 6.20 Å². The van der Waals surface area contributed by atoms with Crippen LogP contribution in [0.5, 0.6) is 0 Å². The maximum absolute atomic E-state index is 12.4. The van der Waals surface area contributed by atoms with Gasteiger partial charge in [0.25, 0.3) is 0 Å². The molecule has 0 saturated carbocycles. The zero-order valence-corrected chi connectivity index (χ0v) is 10.6. The Hall–Kier alpha value is -0.720. The van der Waals surface area contributed by atoms with E-state index in [4.69, 9.17) is 0 Å². The molecule has 2 saturated heterocycles. The van der Waals surface area contributed by atoms with E-state index >= 15 is 0 Å². The smallest absolute Gasteiger partial charge is 0.146 e. The number of aromatic amines is 1. The molecule has 3 rings (SSSR count). The number of aromatic nitrogens is 2. The largest absolute Gasteiger partial charge is 0.391 e. The van der Waals surface area contributed by atoms with Crippen molar-refractivity contribution < 1.29 is 9.32 Å². The van der Waals surface area contributed by atoms with Crippen molar-refractivity contribution in [3.8, 4) is 0 Å². The molecule has 0 aromatic carbocycles. The monoisotopic (exact) mass is 255 g/mol. The Morgan fingerprint density at radius 1 is 1.59 bits per heavy atom. The Kier molecular flexibility index (Phi) is 2.80. The molecule has 2 bridgehead atoms. The van der Waals surface area contributed by atoms with Crippen molar-refractivity contribution in [2.45, 2.75) is 49.4 Å². The van der Waals surface area contributed by atoms with E-state index in [2.05, 4.69) is 16.9 Å². The summed E-state index contributed by atoms with van der Waals surface area (Å²) in [6.45, 7) is 2.08. The molecule has 94 valence electrons. The fourth-order valence-electron chi connectivity index (χ4n) is 3.09. The Bertz CT molecular complexity index is 422. The van der Waals surface area contributed by atoms with Gasteiger partial charge in [0.1, 0.15) is 16.0 Å². The van der Waals surface area contributed by atoms with Gasteiger partial charge in [-0.3, -0.25) is 0 Å². The van der Waals surface area contributed by atoms with E-state index in [0.29, 0.717) is 17.0 Å². The minimum Gasteiger partial charge on any atom is -0.391 e. The molecular formula is C11H17N3O2S. The van der Waals surface area contributed by atoms with Crippen LogP contribution >= 0.6 is 0 Å². The second-order valence-electron chi connectivity index (χ2n) is 5.03. The van der Waals surface area contributed by atoms with Gasteiger partial charge in [-0.05, 0) is 25.2 Å². The number of fused-ring (bicyclic) bond motifs is 2. The van der Waals surface area contributed by atoms with Crippen LogP contribution in [0.3, 0.4) is 0 Å². The first-order chi connectivity index (χ1) is 8.18. The zero-order chi connectivity index (χ0) is 12.0. The van der Waals surface area contributed by atoms with Crippen LogP contribution in [-0.4, -0.2) is 41.8 Å². The van der Waals surface area contributed by atoms with Gasteiger partial charge in [-0.25, -0.2) is 13.5 Å². The third-order valence-corrected chi connectivity index (χ3v) is 5.51. The average molecular weight is 255 g/mol. The normalized spacial score (nSPS) is 39.4. The summed E-state index contributed by atoms with van der Waals surface area (Å²) in [4.78, 5) is 6.80. The van der Waals surface area contributed by atoms with Crippen molar-refractivity contribution in [2.75, 3.05) is 0 Å². The Labute approximate surface area is 103 Å². The molecule has 2 aliphatic rings. The molecular weight excluding hydrogens is 238 g/mol. The molecule has 0 radical (unpaired) electrons. The van der Waals surface area contributed by atoms with Gasteiger partial charge < -0.3 is 10.1 Å². The predicted molar refractivity (Wildman–Crippen MR) is 63.4 cm³/mol. The third kappa shape index (κ3) is 1.75. The van der Waals surface area contributed by atoms with E-state index in [1.807, 2.05) is 4.31 Å². The molecule has 1 aromatic rings. The van der Waals surface area contributed by atoms with Crippen LogP contribution in [0.4, 0.5) is 0 Å². The van der Waals surface area contributed by atoms with Crippen molar-refractivity contribution in [3.05, 3.63) is 12.5 Å². The van der Waals surface area contributed by atoms with E-state index in [-0.39, 0.29) is 12.1 Å². The van der Waals surface area contributed by atoms with Gasteiger partial charge in [0.05, 0.1) is 18.6 Å². The van der Waals surface area contributed by atoms with Crippen LogP contribution in [0.2, 0.25) is 0 Å². The third-order valence-electron chi connectivity index (χ3n) is 3.96. The Morgan fingerprint density at radius 2 is 2.41 bits per heavy atom. The first-order valence-corrected chi connectivity index (χ1v) is 7.16. The van der Waals surface area contributed by atoms with Crippen molar-refractivity contribution >= 4 is 11.0 Å². The van der Waals surface area contributed by atoms with Crippen LogP contribution in [0, 0.1) is 5.92 Å². The first kappa shape index (κ1) is 11.4. The lowest BCUT2D eigenvalue weighted by Crippen LogP contribution is -2.51. The van der Waals surface area contributed by atoms with Crippen molar-refractivity contribution in [3.63, 3.8) is 0 Å². The topological polar surface area (TPSA) is 69.2 Å². The maximum atomic E-state index is 12.4. The average Bonchev–Trinajstić information content (AvgIpc) is 2.93. The fourth-order valence-corrected chi connectivity index (χ4v) is 4.56. The minimum absolute atomic E-state index is 0.0351. The van der Waals surface area contributed by atoms with Crippen LogP contribution in [-0.2, 0) is 11.0 Å². The lowest BCUT2D eigenvalue weighted by atomic mass is 9.91. The van der Waals surface area contributed by atoms with Crippen molar-refractivity contribution in [1.29, 1.82) is 0 Å². The highest BCUT2D eigenvalue weighted by molar-refractivity contribution is 7.82. The van der Waals surface area contributed by atoms with E-state index in [0.717, 1.165) is 19.3 Å². The maximum Gasteiger partial charge on any atom is 0.146 e. The molecule has 2 fully saturated rings. The Morgan fingerprint density at radius 3 is 3.12 bits per heavy atom. The highest BCUT2D eigenvalue weighted by Gasteiger charge is 2.48. The number of aliphatic hydroxyl groups excluding tert-OH is 1. The lowest BCUT2D eigenvalue weighted by molar-refractivity contribution is 0.0175. The summed E-state index contributed by atoms with van der Waals surface area (Å²) >= 11 is 0. The zero-order valence-electron chi connectivity index (χ0n) is 9.74. The quantitative estimate of drug-likeness (QED) is 0.816. The number of rotatable bonds is 2. The molecule has 0 amide bonds. The number of imidazole rings is 1. The standard InChI is InChI=1S/C11H17N3O2S/c1-7-4-8-2-3-9(11(7)15)14(8)17(16)10-5-12-6-13-10/h5-9,11,15H,2-4H2,1H3,(H,12,13)/t7-,8-,9?,11?,17?/m1/s1. The van der Waals surface area contributed by atoms with E-state index < -0.39 is 11.0 Å². The van der Waals surface area contributed by atoms with Crippen LogP contribution in [0.25, 0.3) is 0 Å². The lowest BCUT2D eigenvalue weighted by Gasteiger charge is -2.39. The minimum atomic E-state index is -1.22. The van der Waals surface area contributed by atoms with Gasteiger partial charge >= 0.3 is 0 Å². The number of H-pyrrole nitrogens is 1. The highest BCUT2D eigenvalue weighted by Crippen LogP contribution is 2.40. The SMILES string of the molecule is C[C@@H]1C[C@H]2CCC(C1O)N2S(=O)c1cnc[nH]1. The van der Waals surface area contributed by atoms with E-state index in [9.17, 15) is 9.32 Å². The summed E-state index contributed by atoms with van der Waals surface area (Å²) in [5.74, 6) is 0.308. The number of hydrogen-bond donors (Lipinski definition) is 2. The summed E-state index contributed by atoms with van der Waals surface area (Å²) in [6, 6.07) is 0.371. The molecule has 1 aromatic heterocycles. The summed E-state index contributed by atoms with van der Waals surface area (Å²) in [7, 11) is -1.22. The van der Waals surface area contributed by atoms with Crippen LogP contribution < -0.4 is 0 Å². The predicted octanol–water partition coefficient (Wildman–Crippen LogP) is 0.666. The van der Waals surface area contributed by atoms with Crippen molar-refractivity contribution in [1.82, 2.24) is 14.3 Å². The van der Waals surface area contributed by atoms with Crippen molar-refractivity contribution in [2.24, 2.45) is 5.92 Å². The Balaban J connectivity index is 1.87. The summed E-state index contributed by atoms with van der Waals surface area (Å²) in [5.41, 5.74) is 0. The fraction of sp³-hybridized carbons (Fsp3) is 0.727. The van der Waals surface area contributed by atoms with Gasteiger partial charge in [-0.1, -0.05) is 6.92 Å². The molecule has 17 heavy (non-hydrogen) atoms. The van der Waals surface area contributed by atoms with Gasteiger partial charge in [0.2, 0.25) is 0 Å². The second-order valence-corrected chi connectivity index (χ2v) is 6.39. The molecule has 5 nitrogen and oxygen atoms in total. The number of piperidine rings is 1. The van der Waals surface area contributed by atoms with Gasteiger partial charge in [-0.15, -0.1) is 0 Å². The first-order valence-electron chi connectivity index (χ1n) is 6.05. The molecule has 3 unspecified atom stereocenters. The molecule has 5 atom stereocenters. The van der Waals surface area contributed by atoms with Crippen LogP contribution in [0.15, 0.2) is 17.6 Å². The summed E-state index contributed by atoms with van der Waals surface area (Å²) in [6.07, 6.45) is 5.68. The molecule has 0 aliphatic carbocycles. The molecule has 6 heteroatoms. The highest BCUT2D eigenvalue weighted by atomic mass is 32.2. The molecule has 2 aliphatic heterocycles. The number of nitrogens with one attached hydrogen (secondary N) is 1. The van der Waals surface area contributed by atoms with Crippen LogP contribution in [0.1, 0.15) is 26.2 Å². The van der Waals surface area contributed by atoms with Gasteiger partial charge in [-0.2, -0.15) is 0 Å². The number of nitrogens with zero attached hydrogens (tertiary/aromatic N) is 2. The van der Waals surface area contributed by atoms with Gasteiger partial charge in [0.15, 0.2) is 0 Å². The van der Waals surface area contributed by atoms with Gasteiger partial charge in [0, 0.05) is 12.1 Å². The van der Waals surface area contributed by atoms with E-state index in [1.165, 1.54) is 6.33 Å². The second kappa shape index (κ2) is 4.19. The number of hydrogen-bond acceptors (Lipinski definition) is 3. The summed E-state index contributed by atoms with van der Waals surface area (Å²) in [5, 5.41) is 10.8. The molecule has 0 spiro atoms. The summed E-state index contributed by atoms with van der Waals surface area (Å²) < 4.78 is 14.4. The number of aliphatic hydroxyl groups is 1.